The Bertz CT molecular complexity index is 174. The molecule has 10 heavy (non-hydrogen) atoms. The Morgan fingerprint density at radius 2 is 2.30 bits per heavy atom. The molecule has 1 aliphatic rings. The molecule has 0 aromatic rings. The molecule has 0 aromatic heterocycles. The molecule has 1 heterocycles. The van der Waals surface area contributed by atoms with E-state index in [1.807, 2.05) is 0 Å². The van der Waals surface area contributed by atoms with E-state index in [0.717, 1.165) is 5.82 Å². The van der Waals surface area contributed by atoms with Crippen LogP contribution in [0.4, 0.5) is 4.79 Å². The third kappa shape index (κ3) is 2.50. The third-order valence-corrected chi connectivity index (χ3v) is 13.4. The second-order valence-corrected chi connectivity index (χ2v) is 17.3. The Kier molecular flexibility index (Phi) is 3.65. The second-order valence-electron chi connectivity index (χ2n) is 1.55. The molecule has 1 fully saturated rings. The summed E-state index contributed by atoms with van der Waals surface area (Å²) in [4.78, 5) is 12.6. The van der Waals surface area contributed by atoms with E-state index in [1.54, 1.807) is 0 Å². The summed E-state index contributed by atoms with van der Waals surface area (Å²) >= 11 is 2.74. The molecule has 0 saturated carbocycles. The van der Waals surface area contributed by atoms with Gasteiger partial charge in [0.15, 0.2) is 0 Å². The summed E-state index contributed by atoms with van der Waals surface area (Å²) in [5.41, 5.74) is 0. The Balaban J connectivity index is 2.35. The normalized spacial score (nSPS) is 19.0. The maximum atomic E-state index is 10.3. The van der Waals surface area contributed by atoms with Gasteiger partial charge in [0.1, 0.15) is 0 Å². The molecule has 2 amide bonds. The Labute approximate surface area is 83.2 Å². The molecule has 1 unspecified atom stereocenters. The fourth-order valence-electron chi connectivity index (χ4n) is 0.456. The van der Waals surface area contributed by atoms with Gasteiger partial charge in [0.2, 0.25) is 0 Å². The topological polar surface area (TPSA) is 41.1 Å². The first-order chi connectivity index (χ1) is 4.72. The van der Waals surface area contributed by atoms with Crippen molar-refractivity contribution in [2.45, 2.75) is 0 Å². The van der Waals surface area contributed by atoms with Crippen LogP contribution in [0.5, 0.6) is 0 Å². The van der Waals surface area contributed by atoms with E-state index in [-0.39, 0.29) is 9.24 Å². The van der Waals surface area contributed by atoms with Crippen molar-refractivity contribution in [3.05, 3.63) is 11.6 Å². The first-order valence-corrected chi connectivity index (χ1v) is 11.6. The third-order valence-electron chi connectivity index (χ3n) is 0.885. The molecule has 1 saturated heterocycles. The molecule has 3 nitrogen and oxygen atoms in total. The summed E-state index contributed by atoms with van der Waals surface area (Å²) in [6.07, 6.45) is 0. The van der Waals surface area contributed by atoms with Crippen molar-refractivity contribution in [3.8, 4) is 0 Å². The van der Waals surface area contributed by atoms with Crippen molar-refractivity contribution >= 4 is 31.3 Å². The first-order valence-electron chi connectivity index (χ1n) is 2.47. The van der Waals surface area contributed by atoms with Crippen molar-refractivity contribution in [2.75, 3.05) is 4.93 Å². The number of alkyl halides is 1. The molecular formula is C4H6I2N2OP-. The molecule has 1 aliphatic heterocycles. The van der Waals surface area contributed by atoms with E-state index < -0.39 is 0 Å². The van der Waals surface area contributed by atoms with Crippen LogP contribution in [0, 0.1) is 0 Å². The van der Waals surface area contributed by atoms with Gasteiger partial charge in [-0.3, -0.25) is 0 Å². The zero-order chi connectivity index (χ0) is 7.56. The molecule has 58 valence electrons. The number of urea groups is 1. The quantitative estimate of drug-likeness (QED) is 0.343. The van der Waals surface area contributed by atoms with Gasteiger partial charge >= 0.3 is 83.9 Å². The average molecular weight is 383 g/mol. The molecular weight excluding hydrogens is 377 g/mol. The van der Waals surface area contributed by atoms with E-state index in [2.05, 4.69) is 43.4 Å². The van der Waals surface area contributed by atoms with Crippen LogP contribution in [0.1, 0.15) is 0 Å². The van der Waals surface area contributed by atoms with Crippen LogP contribution < -0.4 is 31.3 Å². The Morgan fingerprint density at radius 3 is 2.70 bits per heavy atom. The molecule has 1 atom stereocenters. The van der Waals surface area contributed by atoms with Crippen molar-refractivity contribution in [1.29, 1.82) is 0 Å². The number of nitrogens with one attached hydrogen (secondary N) is 2. The van der Waals surface area contributed by atoms with Gasteiger partial charge in [-0.25, -0.2) is 0 Å². The fourth-order valence-corrected chi connectivity index (χ4v) is 3.38. The van der Waals surface area contributed by atoms with Gasteiger partial charge < -0.3 is 0 Å². The van der Waals surface area contributed by atoms with Crippen molar-refractivity contribution < 1.29 is 25.4 Å². The summed E-state index contributed by atoms with van der Waals surface area (Å²) in [6.45, 7) is 0. The Hall–Kier alpha value is 0.900. The van der Waals surface area contributed by atoms with Crippen LogP contribution in [0.15, 0.2) is 11.6 Å². The van der Waals surface area contributed by atoms with Crippen molar-refractivity contribution in [3.63, 3.8) is 0 Å². The number of carbonyl (C=O) groups excluding carboxylic acids is 1. The van der Waals surface area contributed by atoms with Gasteiger partial charge in [-0.2, -0.15) is 0 Å². The van der Waals surface area contributed by atoms with E-state index in [0.29, 0.717) is 20.7 Å². The van der Waals surface area contributed by atoms with Crippen molar-refractivity contribution in [2.24, 2.45) is 0 Å². The molecule has 0 radical (unpaired) electrons. The number of amides is 2. The number of halogens is 2. The zero-order valence-electron chi connectivity index (χ0n) is 5.19. The maximum absolute atomic E-state index is 10.3. The number of hydrogen-bond donors (Lipinski definition) is 2. The van der Waals surface area contributed by atoms with Crippen LogP contribution in [0.3, 0.4) is 0 Å². The fraction of sp³-hybridized carbons (Fsp3) is 0.250. The summed E-state index contributed by atoms with van der Waals surface area (Å²) in [5.74, 6) is 3.01. The molecule has 0 aromatic carbocycles. The minimum atomic E-state index is -0.0830. The average Bonchev–Trinajstić information content (AvgIpc) is 1.84. The summed E-state index contributed by atoms with van der Waals surface area (Å²) in [6, 6.07) is -0.0830. The van der Waals surface area contributed by atoms with Crippen LogP contribution >= 0.6 is 25.2 Å². The van der Waals surface area contributed by atoms with Crippen LogP contribution in [-0.4, -0.2) is 11.0 Å². The molecule has 1 rings (SSSR count). The molecule has 6 heteroatoms. The standard InChI is InChI=1S/C4H6I2N2OP/c1-6-10(5)2-3-7-4(9)8-3/h2H,1H3,(H2,7,8,9)/q-1. The second kappa shape index (κ2) is 4.06. The summed E-state index contributed by atoms with van der Waals surface area (Å²) in [5, 5.41) is 5.30. The van der Waals surface area contributed by atoms with Gasteiger partial charge in [-0.05, 0) is 0 Å². The van der Waals surface area contributed by atoms with Crippen LogP contribution in [0.25, 0.3) is 0 Å². The van der Waals surface area contributed by atoms with Gasteiger partial charge in [0.25, 0.3) is 0 Å². The van der Waals surface area contributed by atoms with Gasteiger partial charge in [0, 0.05) is 0 Å². The van der Waals surface area contributed by atoms with Gasteiger partial charge in [-0.1, -0.05) is 0 Å². The summed E-state index contributed by atoms with van der Waals surface area (Å²) < 4.78 is 0.0494. The Morgan fingerprint density at radius 1 is 1.70 bits per heavy atom. The van der Waals surface area contributed by atoms with E-state index in [9.17, 15) is 4.79 Å². The SMILES string of the molecule is C[I-]P(I)C=C1NC(=O)N1. The monoisotopic (exact) mass is 383 g/mol. The first kappa shape index (κ1) is 8.99. The molecule has 0 spiro atoms. The number of hydrogen-bond acceptors (Lipinski definition) is 1. The van der Waals surface area contributed by atoms with E-state index in [1.165, 1.54) is 0 Å². The predicted octanol–water partition coefficient (Wildman–Crippen LogP) is -1.44. The van der Waals surface area contributed by atoms with Gasteiger partial charge in [0.05, 0.1) is 0 Å². The van der Waals surface area contributed by atoms with Crippen LogP contribution in [-0.2, 0) is 0 Å². The van der Waals surface area contributed by atoms with Crippen molar-refractivity contribution in [1.82, 2.24) is 10.6 Å². The molecule has 0 bridgehead atoms. The minimum absolute atomic E-state index is 0.0494. The van der Waals surface area contributed by atoms with Crippen LogP contribution in [0.2, 0.25) is 0 Å². The van der Waals surface area contributed by atoms with E-state index >= 15 is 0 Å². The molecule has 0 aliphatic carbocycles. The number of carbonyl (C=O) groups is 1. The predicted molar refractivity (Wildman–Crippen MR) is 46.6 cm³/mol. The van der Waals surface area contributed by atoms with Gasteiger partial charge in [-0.15, -0.1) is 0 Å². The number of rotatable bonds is 2. The van der Waals surface area contributed by atoms with E-state index in [4.69, 9.17) is 0 Å². The zero-order valence-corrected chi connectivity index (χ0v) is 10.4. The summed E-state index contributed by atoms with van der Waals surface area (Å²) in [7, 11) is 0. The molecule has 2 N–H and O–H groups in total.